The molecule has 6 heteroatoms. The highest BCUT2D eigenvalue weighted by Gasteiger charge is 2.06. The lowest BCUT2D eigenvalue weighted by molar-refractivity contribution is 0.302. The van der Waals surface area contributed by atoms with Gasteiger partial charge in [-0.3, -0.25) is 0 Å². The van der Waals surface area contributed by atoms with E-state index in [1.54, 1.807) is 18.2 Å². The van der Waals surface area contributed by atoms with Gasteiger partial charge in [0.05, 0.1) is 10.7 Å². The number of anilines is 2. The molecule has 0 radical (unpaired) electrons. The molecule has 1 N–H and O–H groups in total. The summed E-state index contributed by atoms with van der Waals surface area (Å²) >= 11 is 13.5. The third-order valence-electron chi connectivity index (χ3n) is 3.12. The van der Waals surface area contributed by atoms with Crippen LogP contribution in [0.4, 0.5) is 10.8 Å². The van der Waals surface area contributed by atoms with Crippen LogP contribution in [-0.2, 0) is 6.61 Å². The summed E-state index contributed by atoms with van der Waals surface area (Å²) in [5.41, 5.74) is 3.08. The molecule has 0 saturated heterocycles. The second-order valence-electron chi connectivity index (χ2n) is 5.00. The van der Waals surface area contributed by atoms with E-state index in [1.807, 2.05) is 17.5 Å². The van der Waals surface area contributed by atoms with E-state index in [0.717, 1.165) is 16.5 Å². The van der Waals surface area contributed by atoms with E-state index in [1.165, 1.54) is 16.9 Å². The standard InChI is InChI=1S/C17H14Cl2N2OS/c1-11-2-5-13(6-3-11)20-17-21-14(10-23-17)9-22-16-7-4-12(18)8-15(16)19/h2-8,10H,9H2,1H3,(H,20,21). The molecule has 0 aliphatic rings. The lowest BCUT2D eigenvalue weighted by Gasteiger charge is -2.06. The molecule has 0 bridgehead atoms. The van der Waals surface area contributed by atoms with Gasteiger partial charge in [-0.15, -0.1) is 11.3 Å². The van der Waals surface area contributed by atoms with Gasteiger partial charge in [0.2, 0.25) is 0 Å². The van der Waals surface area contributed by atoms with Crippen LogP contribution in [0.3, 0.4) is 0 Å². The fourth-order valence-corrected chi connectivity index (χ4v) is 3.11. The van der Waals surface area contributed by atoms with Crippen molar-refractivity contribution in [2.24, 2.45) is 0 Å². The number of thiazole rings is 1. The zero-order chi connectivity index (χ0) is 16.2. The summed E-state index contributed by atoms with van der Waals surface area (Å²) in [7, 11) is 0. The van der Waals surface area contributed by atoms with Crippen LogP contribution in [0, 0.1) is 6.92 Å². The van der Waals surface area contributed by atoms with Crippen LogP contribution < -0.4 is 10.1 Å². The minimum Gasteiger partial charge on any atom is -0.486 e. The number of aryl methyl sites for hydroxylation is 1. The summed E-state index contributed by atoms with van der Waals surface area (Å²) in [4.78, 5) is 4.50. The summed E-state index contributed by atoms with van der Waals surface area (Å²) in [6.07, 6.45) is 0. The Bertz CT molecular complexity index is 803. The van der Waals surface area contributed by atoms with E-state index in [2.05, 4.69) is 29.4 Å². The molecule has 3 aromatic rings. The molecular weight excluding hydrogens is 351 g/mol. The lowest BCUT2D eigenvalue weighted by Crippen LogP contribution is -1.97. The van der Waals surface area contributed by atoms with Crippen molar-refractivity contribution in [3.05, 3.63) is 69.1 Å². The maximum atomic E-state index is 6.08. The molecule has 0 saturated carbocycles. The van der Waals surface area contributed by atoms with Gasteiger partial charge in [-0.25, -0.2) is 4.98 Å². The van der Waals surface area contributed by atoms with Crippen molar-refractivity contribution < 1.29 is 4.74 Å². The molecule has 0 aliphatic carbocycles. The molecule has 1 heterocycles. The molecular formula is C17H14Cl2N2OS. The predicted molar refractivity (Wildman–Crippen MR) is 97.4 cm³/mol. The summed E-state index contributed by atoms with van der Waals surface area (Å²) in [6, 6.07) is 13.3. The van der Waals surface area contributed by atoms with Gasteiger partial charge < -0.3 is 10.1 Å². The molecule has 23 heavy (non-hydrogen) atoms. The Morgan fingerprint density at radius 2 is 1.91 bits per heavy atom. The third kappa shape index (κ3) is 4.38. The van der Waals surface area contributed by atoms with Crippen LogP contribution in [0.5, 0.6) is 5.75 Å². The van der Waals surface area contributed by atoms with Gasteiger partial charge in [-0.05, 0) is 37.3 Å². The Labute approximate surface area is 148 Å². The Balaban J connectivity index is 1.62. The van der Waals surface area contributed by atoms with E-state index >= 15 is 0 Å². The molecule has 118 valence electrons. The van der Waals surface area contributed by atoms with E-state index in [9.17, 15) is 0 Å². The number of rotatable bonds is 5. The van der Waals surface area contributed by atoms with Gasteiger partial charge in [-0.2, -0.15) is 0 Å². The molecule has 3 rings (SSSR count). The van der Waals surface area contributed by atoms with Crippen molar-refractivity contribution in [3.8, 4) is 5.75 Å². The third-order valence-corrected chi connectivity index (χ3v) is 4.46. The number of aromatic nitrogens is 1. The Morgan fingerprint density at radius 3 is 2.65 bits per heavy atom. The Kier molecular flexibility index (Phi) is 5.06. The highest BCUT2D eigenvalue weighted by molar-refractivity contribution is 7.13. The highest BCUT2D eigenvalue weighted by atomic mass is 35.5. The van der Waals surface area contributed by atoms with Crippen molar-refractivity contribution >= 4 is 45.4 Å². The van der Waals surface area contributed by atoms with Crippen molar-refractivity contribution in [1.82, 2.24) is 4.98 Å². The number of hydrogen-bond donors (Lipinski definition) is 1. The average Bonchev–Trinajstić information content (AvgIpc) is 2.96. The van der Waals surface area contributed by atoms with Crippen LogP contribution in [0.25, 0.3) is 0 Å². The molecule has 0 unspecified atom stereocenters. The van der Waals surface area contributed by atoms with E-state index in [-0.39, 0.29) is 0 Å². The van der Waals surface area contributed by atoms with Gasteiger partial charge in [0.15, 0.2) is 5.13 Å². The minimum absolute atomic E-state index is 0.355. The maximum absolute atomic E-state index is 6.08. The normalized spacial score (nSPS) is 10.6. The van der Waals surface area contributed by atoms with Gasteiger partial charge >= 0.3 is 0 Å². The van der Waals surface area contributed by atoms with Crippen molar-refractivity contribution in [1.29, 1.82) is 0 Å². The molecule has 0 aliphatic heterocycles. The SMILES string of the molecule is Cc1ccc(Nc2nc(COc3ccc(Cl)cc3Cl)cs2)cc1. The first-order valence-corrected chi connectivity index (χ1v) is 8.60. The van der Waals surface area contributed by atoms with Crippen LogP contribution in [0.2, 0.25) is 10.0 Å². The zero-order valence-corrected chi connectivity index (χ0v) is 14.7. The lowest BCUT2D eigenvalue weighted by atomic mass is 10.2. The maximum Gasteiger partial charge on any atom is 0.187 e. The fourth-order valence-electron chi connectivity index (χ4n) is 1.94. The highest BCUT2D eigenvalue weighted by Crippen LogP contribution is 2.28. The van der Waals surface area contributed by atoms with E-state index < -0.39 is 0 Å². The molecule has 0 atom stereocenters. The van der Waals surface area contributed by atoms with Gasteiger partial charge in [0.25, 0.3) is 0 Å². The summed E-state index contributed by atoms with van der Waals surface area (Å²) in [5.74, 6) is 0.595. The van der Waals surface area contributed by atoms with Crippen molar-refractivity contribution in [3.63, 3.8) is 0 Å². The fraction of sp³-hybridized carbons (Fsp3) is 0.118. The molecule has 0 spiro atoms. The number of nitrogens with one attached hydrogen (secondary N) is 1. The van der Waals surface area contributed by atoms with Crippen LogP contribution in [-0.4, -0.2) is 4.98 Å². The molecule has 1 aromatic heterocycles. The summed E-state index contributed by atoms with van der Waals surface area (Å²) in [6.45, 7) is 2.41. The smallest absolute Gasteiger partial charge is 0.187 e. The quantitative estimate of drug-likeness (QED) is 0.595. The van der Waals surface area contributed by atoms with Crippen LogP contribution in [0.1, 0.15) is 11.3 Å². The first kappa shape index (κ1) is 16.1. The van der Waals surface area contributed by atoms with Crippen molar-refractivity contribution in [2.45, 2.75) is 13.5 Å². The summed E-state index contributed by atoms with van der Waals surface area (Å²) < 4.78 is 5.68. The largest absolute Gasteiger partial charge is 0.486 e. The molecule has 0 fully saturated rings. The Hall–Kier alpha value is -1.75. The number of halogens is 2. The minimum atomic E-state index is 0.355. The predicted octanol–water partition coefficient (Wildman–Crippen LogP) is 6.08. The average molecular weight is 365 g/mol. The van der Waals surface area contributed by atoms with Crippen molar-refractivity contribution in [2.75, 3.05) is 5.32 Å². The van der Waals surface area contributed by atoms with Gasteiger partial charge in [0.1, 0.15) is 12.4 Å². The monoisotopic (exact) mass is 364 g/mol. The van der Waals surface area contributed by atoms with Gasteiger partial charge in [0, 0.05) is 16.1 Å². The molecule has 3 nitrogen and oxygen atoms in total. The van der Waals surface area contributed by atoms with Gasteiger partial charge in [-0.1, -0.05) is 40.9 Å². The summed E-state index contributed by atoms with van der Waals surface area (Å²) in [5, 5.41) is 7.14. The number of ether oxygens (including phenoxy) is 1. The van der Waals surface area contributed by atoms with Crippen LogP contribution >= 0.6 is 34.5 Å². The number of hydrogen-bond acceptors (Lipinski definition) is 4. The molecule has 0 amide bonds. The topological polar surface area (TPSA) is 34.2 Å². The molecule has 2 aromatic carbocycles. The number of nitrogens with zero attached hydrogens (tertiary/aromatic N) is 1. The Morgan fingerprint density at radius 1 is 1.13 bits per heavy atom. The zero-order valence-electron chi connectivity index (χ0n) is 12.3. The van der Waals surface area contributed by atoms with E-state index in [4.69, 9.17) is 27.9 Å². The van der Waals surface area contributed by atoms with Crippen LogP contribution in [0.15, 0.2) is 47.8 Å². The second-order valence-corrected chi connectivity index (χ2v) is 6.70. The first-order valence-electron chi connectivity index (χ1n) is 6.96. The van der Waals surface area contributed by atoms with E-state index in [0.29, 0.717) is 22.4 Å². The number of benzene rings is 2. The first-order chi connectivity index (χ1) is 11.1. The second kappa shape index (κ2) is 7.21.